The third-order valence-corrected chi connectivity index (χ3v) is 4.87. The molecule has 21 heavy (non-hydrogen) atoms. The molecule has 0 bridgehead atoms. The average molecular weight is 367 g/mol. The van der Waals surface area contributed by atoms with Gasteiger partial charge in [-0.25, -0.2) is 0 Å². The van der Waals surface area contributed by atoms with Gasteiger partial charge in [0.25, 0.3) is 0 Å². The lowest BCUT2D eigenvalue weighted by molar-refractivity contribution is 0.360. The summed E-state index contributed by atoms with van der Waals surface area (Å²) >= 11 is 9.55. The van der Waals surface area contributed by atoms with Crippen molar-refractivity contribution in [2.45, 2.75) is 38.8 Å². The van der Waals surface area contributed by atoms with Gasteiger partial charge in [0.05, 0.1) is 5.02 Å². The summed E-state index contributed by atoms with van der Waals surface area (Å²) in [6, 6.07) is 16.7. The fourth-order valence-electron chi connectivity index (χ4n) is 2.18. The maximum absolute atomic E-state index is 6.13. The Morgan fingerprint density at radius 2 is 1.76 bits per heavy atom. The first-order valence-electron chi connectivity index (χ1n) is 7.19. The van der Waals surface area contributed by atoms with Crippen molar-refractivity contribution in [2.24, 2.45) is 0 Å². The van der Waals surface area contributed by atoms with Crippen molar-refractivity contribution in [3.05, 3.63) is 69.2 Å². The second kappa shape index (κ2) is 7.44. The van der Waals surface area contributed by atoms with Crippen LogP contribution in [0.25, 0.3) is 0 Å². The van der Waals surface area contributed by atoms with Gasteiger partial charge in [0, 0.05) is 16.6 Å². The third-order valence-electron chi connectivity index (χ3n) is 3.64. The van der Waals surface area contributed by atoms with Gasteiger partial charge in [-0.3, -0.25) is 0 Å². The van der Waals surface area contributed by atoms with Crippen LogP contribution in [0.2, 0.25) is 5.02 Å². The number of halogens is 2. The van der Waals surface area contributed by atoms with Crippen LogP contribution >= 0.6 is 27.5 Å². The van der Waals surface area contributed by atoms with Crippen molar-refractivity contribution in [1.29, 1.82) is 0 Å². The molecule has 3 heteroatoms. The molecule has 2 rings (SSSR count). The van der Waals surface area contributed by atoms with E-state index in [0.29, 0.717) is 0 Å². The lowest BCUT2D eigenvalue weighted by Crippen LogP contribution is -2.39. The zero-order valence-electron chi connectivity index (χ0n) is 12.5. The smallest absolute Gasteiger partial charge is 0.0551 e. The molecule has 0 aliphatic rings. The van der Waals surface area contributed by atoms with Gasteiger partial charge in [-0.15, -0.1) is 0 Å². The van der Waals surface area contributed by atoms with E-state index in [1.54, 1.807) is 0 Å². The van der Waals surface area contributed by atoms with E-state index < -0.39 is 0 Å². The molecule has 0 aliphatic heterocycles. The fraction of sp³-hybridized carbons (Fsp3) is 0.333. The van der Waals surface area contributed by atoms with Gasteiger partial charge < -0.3 is 5.32 Å². The van der Waals surface area contributed by atoms with Crippen molar-refractivity contribution < 1.29 is 0 Å². The summed E-state index contributed by atoms with van der Waals surface area (Å²) in [6.07, 6.45) is 2.18. The molecule has 1 nitrogen and oxygen atoms in total. The van der Waals surface area contributed by atoms with Gasteiger partial charge >= 0.3 is 0 Å². The van der Waals surface area contributed by atoms with Gasteiger partial charge in [-0.2, -0.15) is 0 Å². The highest BCUT2D eigenvalue weighted by molar-refractivity contribution is 9.10. The topological polar surface area (TPSA) is 12.0 Å². The molecule has 0 spiro atoms. The summed E-state index contributed by atoms with van der Waals surface area (Å²) in [6.45, 7) is 5.32. The Hall–Kier alpha value is -0.830. The Kier molecular flexibility index (Phi) is 5.86. The van der Waals surface area contributed by atoms with E-state index in [9.17, 15) is 0 Å². The highest BCUT2D eigenvalue weighted by Crippen LogP contribution is 2.23. The van der Waals surface area contributed by atoms with Gasteiger partial charge in [-0.05, 0) is 65.9 Å². The standard InChI is InChI=1S/C18H21BrClN/c1-18(2,11-10-14-6-4-3-5-7-14)21-13-15-8-9-16(19)17(20)12-15/h3-9,12,21H,10-11,13H2,1-2H3. The first-order chi connectivity index (χ1) is 9.96. The third kappa shape index (κ3) is 5.46. The highest BCUT2D eigenvalue weighted by atomic mass is 79.9. The predicted molar refractivity (Wildman–Crippen MR) is 94.8 cm³/mol. The maximum atomic E-state index is 6.13. The molecule has 0 amide bonds. The lowest BCUT2D eigenvalue weighted by atomic mass is 9.95. The molecule has 2 aromatic carbocycles. The number of hydrogen-bond acceptors (Lipinski definition) is 1. The highest BCUT2D eigenvalue weighted by Gasteiger charge is 2.16. The Bertz CT molecular complexity index is 581. The van der Waals surface area contributed by atoms with Crippen LogP contribution < -0.4 is 5.32 Å². The molecule has 0 aromatic heterocycles. The zero-order valence-corrected chi connectivity index (χ0v) is 14.8. The molecule has 112 valence electrons. The molecule has 0 heterocycles. The monoisotopic (exact) mass is 365 g/mol. The van der Waals surface area contributed by atoms with Crippen molar-refractivity contribution >= 4 is 27.5 Å². The molecule has 0 unspecified atom stereocenters. The molecule has 0 atom stereocenters. The van der Waals surface area contributed by atoms with Gasteiger partial charge in [-0.1, -0.05) is 48.0 Å². The molecule has 0 saturated carbocycles. The van der Waals surface area contributed by atoms with Crippen LogP contribution in [0.3, 0.4) is 0 Å². The molecule has 0 aliphatic carbocycles. The van der Waals surface area contributed by atoms with Crippen molar-refractivity contribution in [1.82, 2.24) is 5.32 Å². The summed E-state index contributed by atoms with van der Waals surface area (Å²) in [4.78, 5) is 0. The molecule has 0 fully saturated rings. The lowest BCUT2D eigenvalue weighted by Gasteiger charge is -2.26. The van der Waals surface area contributed by atoms with Crippen LogP contribution in [0.5, 0.6) is 0 Å². The second-order valence-electron chi connectivity index (χ2n) is 5.97. The van der Waals surface area contributed by atoms with Crippen molar-refractivity contribution in [3.8, 4) is 0 Å². The summed E-state index contributed by atoms with van der Waals surface area (Å²) < 4.78 is 0.941. The molecule has 1 N–H and O–H groups in total. The van der Waals surface area contributed by atoms with Crippen molar-refractivity contribution in [3.63, 3.8) is 0 Å². The van der Waals surface area contributed by atoms with E-state index in [-0.39, 0.29) is 5.54 Å². The van der Waals surface area contributed by atoms with Crippen LogP contribution in [0.15, 0.2) is 53.0 Å². The number of hydrogen-bond donors (Lipinski definition) is 1. The van der Waals surface area contributed by atoms with E-state index in [1.165, 1.54) is 11.1 Å². The zero-order chi connectivity index (χ0) is 15.3. The van der Waals surface area contributed by atoms with Gasteiger partial charge in [0.15, 0.2) is 0 Å². The Labute approximate surface area is 140 Å². The minimum Gasteiger partial charge on any atom is -0.308 e. The quantitative estimate of drug-likeness (QED) is 0.701. The van der Waals surface area contributed by atoms with Crippen LogP contribution in [0.1, 0.15) is 31.4 Å². The average Bonchev–Trinajstić information content (AvgIpc) is 2.48. The number of nitrogens with one attached hydrogen (secondary N) is 1. The molecule has 2 aromatic rings. The first kappa shape index (κ1) is 16.5. The number of benzene rings is 2. The van der Waals surface area contributed by atoms with Gasteiger partial charge in [0.2, 0.25) is 0 Å². The Morgan fingerprint density at radius 3 is 2.43 bits per heavy atom. The van der Waals surface area contributed by atoms with Crippen LogP contribution in [-0.2, 0) is 13.0 Å². The van der Waals surface area contributed by atoms with E-state index in [0.717, 1.165) is 28.9 Å². The van der Waals surface area contributed by atoms with Crippen LogP contribution in [0, 0.1) is 0 Å². The normalized spacial score (nSPS) is 11.6. The van der Waals surface area contributed by atoms with Crippen molar-refractivity contribution in [2.75, 3.05) is 0 Å². The SMILES string of the molecule is CC(C)(CCc1ccccc1)NCc1ccc(Br)c(Cl)c1. The first-order valence-corrected chi connectivity index (χ1v) is 8.36. The molecular weight excluding hydrogens is 346 g/mol. The summed E-state index contributed by atoms with van der Waals surface area (Å²) in [5.74, 6) is 0. The van der Waals surface area contributed by atoms with E-state index in [4.69, 9.17) is 11.6 Å². The predicted octanol–water partition coefficient (Wildman–Crippen LogP) is 5.60. The summed E-state index contributed by atoms with van der Waals surface area (Å²) in [5.41, 5.74) is 2.69. The number of aryl methyl sites for hydroxylation is 1. The van der Waals surface area contributed by atoms with Crippen LogP contribution in [0.4, 0.5) is 0 Å². The van der Waals surface area contributed by atoms with E-state index >= 15 is 0 Å². The second-order valence-corrected chi connectivity index (χ2v) is 7.23. The summed E-state index contributed by atoms with van der Waals surface area (Å²) in [7, 11) is 0. The molecular formula is C18H21BrClN. The Balaban J connectivity index is 1.87. The van der Waals surface area contributed by atoms with E-state index in [1.807, 2.05) is 12.1 Å². The largest absolute Gasteiger partial charge is 0.308 e. The molecule has 0 saturated heterocycles. The minimum absolute atomic E-state index is 0.0926. The van der Waals surface area contributed by atoms with Gasteiger partial charge in [0.1, 0.15) is 0 Å². The fourth-order valence-corrected chi connectivity index (χ4v) is 2.63. The minimum atomic E-state index is 0.0926. The van der Waals surface area contributed by atoms with Crippen LogP contribution in [-0.4, -0.2) is 5.54 Å². The Morgan fingerprint density at radius 1 is 1.05 bits per heavy atom. The maximum Gasteiger partial charge on any atom is 0.0551 e. The molecule has 0 radical (unpaired) electrons. The summed E-state index contributed by atoms with van der Waals surface area (Å²) in [5, 5.41) is 4.38. The van der Waals surface area contributed by atoms with E-state index in [2.05, 4.69) is 71.5 Å². The number of rotatable bonds is 6.